The summed E-state index contributed by atoms with van der Waals surface area (Å²) in [5, 5.41) is 3.38. The smallest absolute Gasteiger partial charge is 0.129 e. The quantitative estimate of drug-likeness (QED) is 0.803. The van der Waals surface area contributed by atoms with E-state index in [2.05, 4.69) is 29.1 Å². The molecule has 0 radical (unpaired) electrons. The first-order chi connectivity index (χ1) is 7.63. The van der Waals surface area contributed by atoms with Crippen molar-refractivity contribution in [2.45, 2.75) is 33.7 Å². The van der Waals surface area contributed by atoms with Gasteiger partial charge in [-0.15, -0.1) is 0 Å². The summed E-state index contributed by atoms with van der Waals surface area (Å²) in [4.78, 5) is 8.40. The Bertz CT molecular complexity index is 315. The molecule has 1 unspecified atom stereocenters. The van der Waals surface area contributed by atoms with Gasteiger partial charge in [0.25, 0.3) is 0 Å². The molecule has 4 heteroatoms. The maximum atomic E-state index is 5.45. The summed E-state index contributed by atoms with van der Waals surface area (Å²) in [7, 11) is 0. The molecule has 0 saturated carbocycles. The van der Waals surface area contributed by atoms with Crippen LogP contribution < -0.4 is 5.32 Å². The van der Waals surface area contributed by atoms with Gasteiger partial charge in [-0.1, -0.05) is 13.8 Å². The number of hydrogen-bond acceptors (Lipinski definition) is 4. The summed E-state index contributed by atoms with van der Waals surface area (Å²) in [6.07, 6.45) is 1.77. The van der Waals surface area contributed by atoms with E-state index in [-0.39, 0.29) is 6.04 Å². The number of hydrogen-bond donors (Lipinski definition) is 1. The van der Waals surface area contributed by atoms with E-state index in [0.717, 1.165) is 18.2 Å². The topological polar surface area (TPSA) is 47.0 Å². The first kappa shape index (κ1) is 12.9. The Morgan fingerprint density at radius 1 is 1.44 bits per heavy atom. The zero-order valence-corrected chi connectivity index (χ0v) is 10.5. The van der Waals surface area contributed by atoms with Gasteiger partial charge in [-0.3, -0.25) is 0 Å². The van der Waals surface area contributed by atoms with E-state index in [1.807, 2.05) is 19.9 Å². The van der Waals surface area contributed by atoms with E-state index in [4.69, 9.17) is 4.74 Å². The highest BCUT2D eigenvalue weighted by Gasteiger charge is 2.13. The summed E-state index contributed by atoms with van der Waals surface area (Å²) >= 11 is 0. The minimum absolute atomic E-state index is 0.286. The Labute approximate surface area is 97.5 Å². The number of rotatable bonds is 6. The fraction of sp³-hybridized carbons (Fsp3) is 0.667. The molecular weight excluding hydrogens is 202 g/mol. The van der Waals surface area contributed by atoms with Crippen molar-refractivity contribution in [2.24, 2.45) is 5.92 Å². The lowest BCUT2D eigenvalue weighted by Crippen LogP contribution is -2.31. The zero-order valence-electron chi connectivity index (χ0n) is 10.5. The lowest BCUT2D eigenvalue weighted by molar-refractivity contribution is 0.126. The molecule has 0 aromatic carbocycles. The normalized spacial score (nSPS) is 12.8. The van der Waals surface area contributed by atoms with Crippen molar-refractivity contribution in [3.63, 3.8) is 0 Å². The van der Waals surface area contributed by atoms with Crippen LogP contribution in [0.4, 0.5) is 5.82 Å². The monoisotopic (exact) mass is 223 g/mol. The fourth-order valence-corrected chi connectivity index (χ4v) is 1.37. The van der Waals surface area contributed by atoms with Gasteiger partial charge in [0.2, 0.25) is 0 Å². The molecule has 1 heterocycles. The van der Waals surface area contributed by atoms with Gasteiger partial charge in [-0.05, 0) is 25.8 Å². The van der Waals surface area contributed by atoms with E-state index in [0.29, 0.717) is 12.5 Å². The Kier molecular flexibility index (Phi) is 5.19. The van der Waals surface area contributed by atoms with Gasteiger partial charge < -0.3 is 10.1 Å². The third-order valence-corrected chi connectivity index (χ3v) is 2.42. The first-order valence-electron chi connectivity index (χ1n) is 5.77. The number of aromatic nitrogens is 2. The van der Waals surface area contributed by atoms with Gasteiger partial charge in [-0.25, -0.2) is 9.97 Å². The van der Waals surface area contributed by atoms with Crippen molar-refractivity contribution in [3.8, 4) is 0 Å². The molecule has 0 amide bonds. The van der Waals surface area contributed by atoms with Crippen LogP contribution in [0.15, 0.2) is 12.3 Å². The minimum Gasteiger partial charge on any atom is -0.380 e. The van der Waals surface area contributed by atoms with Crippen molar-refractivity contribution >= 4 is 5.82 Å². The Morgan fingerprint density at radius 2 is 2.19 bits per heavy atom. The maximum absolute atomic E-state index is 5.45. The lowest BCUT2D eigenvalue weighted by atomic mass is 10.1. The minimum atomic E-state index is 0.286. The molecule has 1 aromatic heterocycles. The van der Waals surface area contributed by atoms with Gasteiger partial charge in [-0.2, -0.15) is 0 Å². The number of nitrogens with one attached hydrogen (secondary N) is 1. The van der Waals surface area contributed by atoms with Crippen molar-refractivity contribution in [1.82, 2.24) is 9.97 Å². The predicted molar refractivity (Wildman–Crippen MR) is 65.5 cm³/mol. The highest BCUT2D eigenvalue weighted by molar-refractivity contribution is 5.34. The molecule has 1 rings (SSSR count). The van der Waals surface area contributed by atoms with Crippen LogP contribution in [-0.4, -0.2) is 29.2 Å². The first-order valence-corrected chi connectivity index (χ1v) is 5.77. The maximum Gasteiger partial charge on any atom is 0.129 e. The molecule has 0 aliphatic heterocycles. The molecule has 90 valence electrons. The van der Waals surface area contributed by atoms with Crippen LogP contribution in [0.5, 0.6) is 0 Å². The number of aryl methyl sites for hydroxylation is 1. The lowest BCUT2D eigenvalue weighted by Gasteiger charge is -2.22. The highest BCUT2D eigenvalue weighted by atomic mass is 16.5. The average Bonchev–Trinajstić information content (AvgIpc) is 2.24. The molecule has 1 N–H and O–H groups in total. The predicted octanol–water partition coefficient (Wildman–Crippen LogP) is 2.26. The second-order valence-corrected chi connectivity index (χ2v) is 4.14. The third kappa shape index (κ3) is 4.14. The van der Waals surface area contributed by atoms with Crippen LogP contribution in [0.25, 0.3) is 0 Å². The van der Waals surface area contributed by atoms with E-state index >= 15 is 0 Å². The van der Waals surface area contributed by atoms with Crippen LogP contribution in [0.2, 0.25) is 0 Å². The Balaban J connectivity index is 2.60. The molecular formula is C12H21N3O. The van der Waals surface area contributed by atoms with Crippen LogP contribution >= 0.6 is 0 Å². The van der Waals surface area contributed by atoms with Gasteiger partial charge in [0.1, 0.15) is 11.6 Å². The molecule has 16 heavy (non-hydrogen) atoms. The van der Waals surface area contributed by atoms with Gasteiger partial charge in [0.05, 0.1) is 12.6 Å². The van der Waals surface area contributed by atoms with Gasteiger partial charge in [0.15, 0.2) is 0 Å². The average molecular weight is 223 g/mol. The molecule has 0 fully saturated rings. The highest BCUT2D eigenvalue weighted by Crippen LogP contribution is 2.10. The largest absolute Gasteiger partial charge is 0.380 e. The molecule has 1 atom stereocenters. The summed E-state index contributed by atoms with van der Waals surface area (Å²) in [5.41, 5.74) is 0. The number of ether oxygens (including phenoxy) is 1. The zero-order chi connectivity index (χ0) is 12.0. The second kappa shape index (κ2) is 6.43. The second-order valence-electron chi connectivity index (χ2n) is 4.14. The number of nitrogens with zero attached hydrogens (tertiary/aromatic N) is 2. The van der Waals surface area contributed by atoms with E-state index in [1.165, 1.54) is 0 Å². The summed E-state index contributed by atoms with van der Waals surface area (Å²) < 4.78 is 5.45. The summed E-state index contributed by atoms with van der Waals surface area (Å²) in [5.74, 6) is 2.15. The third-order valence-electron chi connectivity index (χ3n) is 2.42. The van der Waals surface area contributed by atoms with Crippen molar-refractivity contribution in [2.75, 3.05) is 18.5 Å². The molecule has 0 bridgehead atoms. The molecule has 1 aromatic rings. The fourth-order valence-electron chi connectivity index (χ4n) is 1.37. The molecule has 4 nitrogen and oxygen atoms in total. The van der Waals surface area contributed by atoms with Crippen LogP contribution in [-0.2, 0) is 4.74 Å². The van der Waals surface area contributed by atoms with E-state index < -0.39 is 0 Å². The van der Waals surface area contributed by atoms with Crippen molar-refractivity contribution in [1.29, 1.82) is 0 Å². The summed E-state index contributed by atoms with van der Waals surface area (Å²) in [6, 6.07) is 2.17. The van der Waals surface area contributed by atoms with Gasteiger partial charge >= 0.3 is 0 Å². The van der Waals surface area contributed by atoms with Gasteiger partial charge in [0, 0.05) is 12.8 Å². The Hall–Kier alpha value is -1.16. The Morgan fingerprint density at radius 3 is 2.75 bits per heavy atom. The SMILES string of the molecule is CCOCC(Nc1ccnc(C)n1)C(C)C. The van der Waals surface area contributed by atoms with E-state index in [1.54, 1.807) is 6.20 Å². The molecule has 0 saturated heterocycles. The van der Waals surface area contributed by atoms with Crippen molar-refractivity contribution < 1.29 is 4.74 Å². The van der Waals surface area contributed by atoms with E-state index in [9.17, 15) is 0 Å². The molecule has 0 aliphatic rings. The number of anilines is 1. The molecule has 0 aliphatic carbocycles. The van der Waals surface area contributed by atoms with Crippen LogP contribution in [0, 0.1) is 12.8 Å². The standard InChI is InChI=1S/C12H21N3O/c1-5-16-8-11(9(2)3)15-12-6-7-13-10(4)14-12/h6-7,9,11H,5,8H2,1-4H3,(H,13,14,15). The summed E-state index contributed by atoms with van der Waals surface area (Å²) in [6.45, 7) is 9.69. The van der Waals surface area contributed by atoms with Crippen molar-refractivity contribution in [3.05, 3.63) is 18.1 Å². The van der Waals surface area contributed by atoms with Crippen LogP contribution in [0.3, 0.4) is 0 Å². The molecule has 0 spiro atoms. The van der Waals surface area contributed by atoms with Crippen LogP contribution in [0.1, 0.15) is 26.6 Å².